The summed E-state index contributed by atoms with van der Waals surface area (Å²) in [5.74, 6) is -0.319. The van der Waals surface area contributed by atoms with Crippen LogP contribution in [0.3, 0.4) is 0 Å². The first-order valence-corrected chi connectivity index (χ1v) is 11.6. The Morgan fingerprint density at radius 3 is 2.44 bits per heavy atom. The second-order valence-electron chi connectivity index (χ2n) is 8.32. The van der Waals surface area contributed by atoms with Crippen molar-refractivity contribution in [1.82, 2.24) is 19.4 Å². The smallest absolute Gasteiger partial charge is 0.256 e. The summed E-state index contributed by atoms with van der Waals surface area (Å²) in [5.41, 5.74) is 3.19. The van der Waals surface area contributed by atoms with Gasteiger partial charge in [0.05, 0.1) is 30.9 Å². The Hall–Kier alpha value is -4.37. The van der Waals surface area contributed by atoms with Gasteiger partial charge in [-0.1, -0.05) is 18.2 Å². The summed E-state index contributed by atoms with van der Waals surface area (Å²) in [4.78, 5) is 36.3. The minimum Gasteiger partial charge on any atom is -0.378 e. The van der Waals surface area contributed by atoms with Gasteiger partial charge in [-0.15, -0.1) is 0 Å². The van der Waals surface area contributed by atoms with Crippen LogP contribution < -0.4 is 5.32 Å². The Morgan fingerprint density at radius 2 is 1.69 bits per heavy atom. The molecule has 0 saturated carbocycles. The van der Waals surface area contributed by atoms with Gasteiger partial charge >= 0.3 is 0 Å². The maximum absolute atomic E-state index is 13.6. The van der Waals surface area contributed by atoms with Crippen LogP contribution in [0.5, 0.6) is 0 Å². The van der Waals surface area contributed by atoms with Crippen molar-refractivity contribution in [2.75, 3.05) is 31.6 Å². The van der Waals surface area contributed by atoms with Crippen LogP contribution in [0, 0.1) is 5.82 Å². The van der Waals surface area contributed by atoms with E-state index in [1.54, 1.807) is 70.5 Å². The van der Waals surface area contributed by atoms with Crippen LogP contribution in [0.1, 0.15) is 10.4 Å². The molecule has 0 radical (unpaired) electrons. The van der Waals surface area contributed by atoms with E-state index >= 15 is 0 Å². The number of nitrogens with one attached hydrogen (secondary N) is 1. The number of imidazole rings is 1. The van der Waals surface area contributed by atoms with E-state index < -0.39 is 0 Å². The van der Waals surface area contributed by atoms with E-state index in [2.05, 4.69) is 15.3 Å². The lowest BCUT2D eigenvalue weighted by molar-refractivity contribution is -0.135. The highest BCUT2D eigenvalue weighted by molar-refractivity contribution is 6.04. The van der Waals surface area contributed by atoms with Crippen LogP contribution in [0.25, 0.3) is 22.5 Å². The van der Waals surface area contributed by atoms with Crippen LogP contribution in [-0.2, 0) is 16.1 Å². The minimum atomic E-state index is -0.350. The average molecular weight is 486 g/mol. The molecule has 1 N–H and O–H groups in total. The van der Waals surface area contributed by atoms with Gasteiger partial charge in [0.15, 0.2) is 0 Å². The maximum Gasteiger partial charge on any atom is 0.256 e. The number of anilines is 1. The van der Waals surface area contributed by atoms with Gasteiger partial charge in [0.25, 0.3) is 5.91 Å². The van der Waals surface area contributed by atoms with Crippen LogP contribution in [0.15, 0.2) is 79.3 Å². The predicted octanol–water partition coefficient (Wildman–Crippen LogP) is 3.86. The zero-order valence-corrected chi connectivity index (χ0v) is 19.4. The first-order chi connectivity index (χ1) is 17.6. The second-order valence-corrected chi connectivity index (χ2v) is 8.32. The molecule has 182 valence electrons. The van der Waals surface area contributed by atoms with Crippen molar-refractivity contribution >= 4 is 17.6 Å². The van der Waals surface area contributed by atoms with E-state index in [0.29, 0.717) is 60.2 Å². The summed E-state index contributed by atoms with van der Waals surface area (Å²) in [6.07, 6.45) is 3.19. The van der Waals surface area contributed by atoms with E-state index in [1.807, 2.05) is 6.07 Å². The molecule has 4 aromatic rings. The van der Waals surface area contributed by atoms with Gasteiger partial charge in [0, 0.05) is 36.0 Å². The summed E-state index contributed by atoms with van der Waals surface area (Å²) in [6.45, 7) is 2.19. The highest BCUT2D eigenvalue weighted by atomic mass is 19.1. The topological polar surface area (TPSA) is 89.4 Å². The molecule has 1 aliphatic rings. The molecule has 3 heterocycles. The number of amides is 2. The Labute approximate surface area is 207 Å². The maximum atomic E-state index is 13.6. The number of hydrogen-bond acceptors (Lipinski definition) is 5. The molecule has 1 aliphatic heterocycles. The fourth-order valence-electron chi connectivity index (χ4n) is 4.11. The summed E-state index contributed by atoms with van der Waals surface area (Å²) < 4.78 is 20.7. The molecule has 0 atom stereocenters. The third kappa shape index (κ3) is 5.16. The molecule has 1 fully saturated rings. The molecule has 0 unspecified atom stereocenters. The SMILES string of the molecule is O=C(Nc1cc(-c2c(-c3ccc(F)cc3)ncn2CC(=O)N2CCOCC2)ccn1)c1ccccc1. The van der Waals surface area contributed by atoms with Crippen LogP contribution >= 0.6 is 0 Å². The molecular weight excluding hydrogens is 461 g/mol. The lowest BCUT2D eigenvalue weighted by Gasteiger charge is -2.27. The molecule has 1 saturated heterocycles. The number of hydrogen-bond donors (Lipinski definition) is 1. The van der Waals surface area contributed by atoms with Crippen molar-refractivity contribution in [3.63, 3.8) is 0 Å². The molecule has 36 heavy (non-hydrogen) atoms. The Bertz CT molecular complexity index is 1370. The quantitative estimate of drug-likeness (QED) is 0.448. The number of halogens is 1. The molecule has 0 aliphatic carbocycles. The third-order valence-corrected chi connectivity index (χ3v) is 5.94. The fraction of sp³-hybridized carbons (Fsp3) is 0.185. The minimum absolute atomic E-state index is 0.0470. The van der Waals surface area contributed by atoms with Gasteiger partial charge in [0.2, 0.25) is 5.91 Å². The van der Waals surface area contributed by atoms with Crippen molar-refractivity contribution in [3.8, 4) is 22.5 Å². The third-order valence-electron chi connectivity index (χ3n) is 5.94. The normalized spacial score (nSPS) is 13.4. The zero-order valence-electron chi connectivity index (χ0n) is 19.4. The van der Waals surface area contributed by atoms with E-state index in [-0.39, 0.29) is 24.2 Å². The zero-order chi connectivity index (χ0) is 24.9. The van der Waals surface area contributed by atoms with Crippen molar-refractivity contribution in [1.29, 1.82) is 0 Å². The molecule has 5 rings (SSSR count). The number of rotatable bonds is 6. The summed E-state index contributed by atoms with van der Waals surface area (Å²) in [6, 6.07) is 18.4. The Balaban J connectivity index is 1.49. The van der Waals surface area contributed by atoms with Crippen molar-refractivity contribution in [2.24, 2.45) is 0 Å². The molecule has 2 aromatic heterocycles. The number of pyridine rings is 1. The van der Waals surface area contributed by atoms with E-state index in [9.17, 15) is 14.0 Å². The lowest BCUT2D eigenvalue weighted by atomic mass is 10.1. The molecule has 8 nitrogen and oxygen atoms in total. The number of benzene rings is 2. The number of morpholine rings is 1. The van der Waals surface area contributed by atoms with Gasteiger partial charge in [-0.25, -0.2) is 14.4 Å². The molecule has 2 amide bonds. The highest BCUT2D eigenvalue weighted by Crippen LogP contribution is 2.32. The lowest BCUT2D eigenvalue weighted by Crippen LogP contribution is -2.42. The van der Waals surface area contributed by atoms with E-state index in [1.165, 1.54) is 12.1 Å². The Kier molecular flexibility index (Phi) is 6.81. The summed E-state index contributed by atoms with van der Waals surface area (Å²) in [5, 5.41) is 2.82. The van der Waals surface area contributed by atoms with Crippen molar-refractivity contribution < 1.29 is 18.7 Å². The van der Waals surface area contributed by atoms with Gasteiger partial charge in [-0.2, -0.15) is 0 Å². The number of carbonyl (C=O) groups is 2. The second kappa shape index (κ2) is 10.5. The summed E-state index contributed by atoms with van der Waals surface area (Å²) in [7, 11) is 0. The first kappa shape index (κ1) is 23.4. The number of nitrogens with zero attached hydrogens (tertiary/aromatic N) is 4. The molecule has 2 aromatic carbocycles. The number of carbonyl (C=O) groups excluding carboxylic acids is 2. The van der Waals surface area contributed by atoms with Crippen LogP contribution in [0.4, 0.5) is 10.2 Å². The van der Waals surface area contributed by atoms with E-state index in [4.69, 9.17) is 4.74 Å². The van der Waals surface area contributed by atoms with Gasteiger partial charge in [0.1, 0.15) is 18.2 Å². The summed E-state index contributed by atoms with van der Waals surface area (Å²) >= 11 is 0. The number of ether oxygens (including phenoxy) is 1. The van der Waals surface area contributed by atoms with Crippen molar-refractivity contribution in [3.05, 3.63) is 90.6 Å². The predicted molar refractivity (Wildman–Crippen MR) is 133 cm³/mol. The first-order valence-electron chi connectivity index (χ1n) is 11.6. The van der Waals surface area contributed by atoms with Crippen molar-refractivity contribution in [2.45, 2.75) is 6.54 Å². The monoisotopic (exact) mass is 485 g/mol. The highest BCUT2D eigenvalue weighted by Gasteiger charge is 2.22. The molecule has 9 heteroatoms. The van der Waals surface area contributed by atoms with Gasteiger partial charge in [-0.3, -0.25) is 9.59 Å². The fourth-order valence-corrected chi connectivity index (χ4v) is 4.11. The standard InChI is InChI=1S/C27H24FN5O3/c28-22-8-6-19(7-9-22)25-26(33(18-30-25)17-24(34)32-12-14-36-15-13-32)21-10-11-29-23(16-21)31-27(35)20-4-2-1-3-5-20/h1-11,16,18H,12-15,17H2,(H,29,31,35). The van der Waals surface area contributed by atoms with Gasteiger partial charge < -0.3 is 19.5 Å². The Morgan fingerprint density at radius 1 is 0.944 bits per heavy atom. The van der Waals surface area contributed by atoms with E-state index in [0.717, 1.165) is 0 Å². The molecular formula is C27H24FN5O3. The van der Waals surface area contributed by atoms with Gasteiger partial charge in [-0.05, 0) is 48.5 Å². The van der Waals surface area contributed by atoms with Crippen LogP contribution in [-0.4, -0.2) is 57.6 Å². The average Bonchev–Trinajstić information content (AvgIpc) is 3.33. The molecule has 0 spiro atoms. The molecule has 0 bridgehead atoms. The number of aromatic nitrogens is 3. The largest absolute Gasteiger partial charge is 0.378 e. The van der Waals surface area contributed by atoms with Crippen LogP contribution in [0.2, 0.25) is 0 Å².